The number of carbonyl (C=O) groups excluding carboxylic acids is 1. The van der Waals surface area contributed by atoms with Crippen LogP contribution < -0.4 is 0 Å². The normalized spacial score (nSPS) is 10.6. The van der Waals surface area contributed by atoms with Crippen LogP contribution in [0.25, 0.3) is 0 Å². The first kappa shape index (κ1) is 11.6. The average molecular weight is 226 g/mol. The molecule has 1 rings (SSSR count). The van der Waals surface area contributed by atoms with Crippen molar-refractivity contribution in [3.63, 3.8) is 0 Å². The van der Waals surface area contributed by atoms with E-state index < -0.39 is 0 Å². The van der Waals surface area contributed by atoms with Gasteiger partial charge in [0.25, 0.3) is 0 Å². The number of nitrogens with zero attached hydrogens (tertiary/aromatic N) is 1. The Balaban J connectivity index is 2.92. The van der Waals surface area contributed by atoms with Gasteiger partial charge in [-0.3, -0.25) is 4.79 Å². The maximum Gasteiger partial charge on any atom is 0.190 e. The summed E-state index contributed by atoms with van der Waals surface area (Å²) in [5.41, 5.74) is 0.248. The molecule has 0 fully saturated rings. The number of ketones is 1. The van der Waals surface area contributed by atoms with Crippen LogP contribution >= 0.6 is 11.6 Å². The maximum absolute atomic E-state index is 11.6. The Morgan fingerprint density at radius 1 is 1.47 bits per heavy atom. The van der Waals surface area contributed by atoms with E-state index >= 15 is 0 Å². The first-order chi connectivity index (χ1) is 7.00. The lowest BCUT2D eigenvalue weighted by molar-refractivity contribution is 0.104. The van der Waals surface area contributed by atoms with Crippen LogP contribution in [0.1, 0.15) is 10.4 Å². The molecule has 0 bridgehead atoms. The third-order valence-corrected chi connectivity index (χ3v) is 1.98. The van der Waals surface area contributed by atoms with Crippen LogP contribution in [0.5, 0.6) is 5.75 Å². The number of rotatable bonds is 3. The molecule has 0 radical (unpaired) electrons. The fourth-order valence-electron chi connectivity index (χ4n) is 1.02. The van der Waals surface area contributed by atoms with E-state index in [0.29, 0.717) is 5.02 Å². The van der Waals surface area contributed by atoms with Crippen molar-refractivity contribution in [3.05, 3.63) is 41.1 Å². The van der Waals surface area contributed by atoms with Gasteiger partial charge in [0.05, 0.1) is 5.56 Å². The molecule has 0 saturated heterocycles. The van der Waals surface area contributed by atoms with E-state index in [1.807, 2.05) is 14.1 Å². The van der Waals surface area contributed by atoms with Gasteiger partial charge in [-0.2, -0.15) is 0 Å². The van der Waals surface area contributed by atoms with Gasteiger partial charge in [0.15, 0.2) is 5.78 Å². The van der Waals surface area contributed by atoms with E-state index in [1.165, 1.54) is 18.2 Å². The highest BCUT2D eigenvalue weighted by molar-refractivity contribution is 6.31. The first-order valence-corrected chi connectivity index (χ1v) is 4.76. The second kappa shape index (κ2) is 4.84. The Morgan fingerprint density at radius 3 is 2.67 bits per heavy atom. The molecule has 0 aliphatic heterocycles. The quantitative estimate of drug-likeness (QED) is 0.634. The smallest absolute Gasteiger partial charge is 0.190 e. The summed E-state index contributed by atoms with van der Waals surface area (Å²) in [7, 11) is 3.62. The van der Waals surface area contributed by atoms with E-state index in [2.05, 4.69) is 0 Å². The molecule has 0 spiro atoms. The molecule has 0 saturated carbocycles. The molecule has 0 aliphatic rings. The molecule has 15 heavy (non-hydrogen) atoms. The van der Waals surface area contributed by atoms with Crippen molar-refractivity contribution in [1.82, 2.24) is 4.90 Å². The predicted octanol–water partition coefficient (Wildman–Crippen LogP) is 2.30. The van der Waals surface area contributed by atoms with Crippen molar-refractivity contribution in [3.8, 4) is 5.75 Å². The zero-order chi connectivity index (χ0) is 11.4. The zero-order valence-corrected chi connectivity index (χ0v) is 9.32. The fourth-order valence-corrected chi connectivity index (χ4v) is 1.19. The van der Waals surface area contributed by atoms with E-state index in [4.69, 9.17) is 11.6 Å². The molecular weight excluding hydrogens is 214 g/mol. The van der Waals surface area contributed by atoms with Crippen LogP contribution in [-0.4, -0.2) is 29.9 Å². The summed E-state index contributed by atoms with van der Waals surface area (Å²) in [6.07, 6.45) is 3.01. The van der Waals surface area contributed by atoms with Gasteiger partial charge in [0.1, 0.15) is 5.75 Å². The van der Waals surface area contributed by atoms with Crippen LogP contribution in [0.3, 0.4) is 0 Å². The van der Waals surface area contributed by atoms with E-state index in [1.54, 1.807) is 17.2 Å². The third-order valence-electron chi connectivity index (χ3n) is 1.75. The maximum atomic E-state index is 11.6. The van der Waals surface area contributed by atoms with Crippen molar-refractivity contribution >= 4 is 17.4 Å². The molecular formula is C11H12ClNO2. The minimum Gasteiger partial charge on any atom is -0.507 e. The standard InChI is InChI=1S/C11H12ClNO2/c1-13(2)6-5-10(14)9-4-3-8(12)7-11(9)15/h3-7,15H,1-2H3/b6-5+. The minimum atomic E-state index is -0.252. The zero-order valence-electron chi connectivity index (χ0n) is 8.57. The number of carbonyl (C=O) groups is 1. The van der Waals surface area contributed by atoms with Crippen molar-refractivity contribution in [2.24, 2.45) is 0 Å². The highest BCUT2D eigenvalue weighted by atomic mass is 35.5. The summed E-state index contributed by atoms with van der Waals surface area (Å²) >= 11 is 5.65. The number of halogens is 1. The number of hydrogen-bond donors (Lipinski definition) is 1. The molecule has 1 aromatic rings. The lowest BCUT2D eigenvalue weighted by Gasteiger charge is -2.04. The summed E-state index contributed by atoms with van der Waals surface area (Å²) in [5, 5.41) is 9.88. The summed E-state index contributed by atoms with van der Waals surface area (Å²) in [6.45, 7) is 0. The highest BCUT2D eigenvalue weighted by Crippen LogP contribution is 2.22. The van der Waals surface area contributed by atoms with E-state index in [9.17, 15) is 9.90 Å². The Hall–Kier alpha value is -1.48. The first-order valence-electron chi connectivity index (χ1n) is 4.38. The number of phenolic OH excluding ortho intramolecular Hbond substituents is 1. The molecule has 80 valence electrons. The molecule has 0 unspecified atom stereocenters. The lowest BCUT2D eigenvalue weighted by Crippen LogP contribution is -2.03. The Kier molecular flexibility index (Phi) is 3.74. The van der Waals surface area contributed by atoms with Crippen LogP contribution in [0.4, 0.5) is 0 Å². The van der Waals surface area contributed by atoms with Gasteiger partial charge in [-0.25, -0.2) is 0 Å². The van der Waals surface area contributed by atoms with Crippen LogP contribution in [0, 0.1) is 0 Å². The third kappa shape index (κ3) is 3.29. The molecule has 1 N–H and O–H groups in total. The topological polar surface area (TPSA) is 40.5 Å². The number of allylic oxidation sites excluding steroid dienone is 1. The molecule has 0 heterocycles. The van der Waals surface area contributed by atoms with Crippen molar-refractivity contribution in [2.45, 2.75) is 0 Å². The number of aromatic hydroxyl groups is 1. The highest BCUT2D eigenvalue weighted by Gasteiger charge is 2.08. The fraction of sp³-hybridized carbons (Fsp3) is 0.182. The van der Waals surface area contributed by atoms with Crippen molar-refractivity contribution in [1.29, 1.82) is 0 Å². The number of benzene rings is 1. The monoisotopic (exact) mass is 225 g/mol. The Labute approximate surface area is 93.6 Å². The number of hydrogen-bond acceptors (Lipinski definition) is 3. The van der Waals surface area contributed by atoms with E-state index in [0.717, 1.165) is 0 Å². The lowest BCUT2D eigenvalue weighted by atomic mass is 10.1. The molecule has 3 nitrogen and oxygen atoms in total. The van der Waals surface area contributed by atoms with Gasteiger partial charge < -0.3 is 10.0 Å². The van der Waals surface area contributed by atoms with Gasteiger partial charge in [-0.05, 0) is 18.2 Å². The predicted molar refractivity (Wildman–Crippen MR) is 60.3 cm³/mol. The molecule has 0 aliphatic carbocycles. The molecule has 0 amide bonds. The van der Waals surface area contributed by atoms with Crippen LogP contribution in [0.15, 0.2) is 30.5 Å². The van der Waals surface area contributed by atoms with Gasteiger partial charge >= 0.3 is 0 Å². The SMILES string of the molecule is CN(C)/C=C/C(=O)c1ccc(Cl)cc1O. The summed E-state index contributed by atoms with van der Waals surface area (Å²) in [5.74, 6) is -0.353. The largest absolute Gasteiger partial charge is 0.507 e. The Bertz CT molecular complexity index is 400. The molecule has 0 atom stereocenters. The molecule has 4 heteroatoms. The number of phenols is 1. The van der Waals surface area contributed by atoms with Gasteiger partial charge in [-0.15, -0.1) is 0 Å². The Morgan fingerprint density at radius 2 is 2.13 bits per heavy atom. The summed E-state index contributed by atoms with van der Waals surface area (Å²) < 4.78 is 0. The van der Waals surface area contributed by atoms with Gasteiger partial charge in [0.2, 0.25) is 0 Å². The summed E-state index contributed by atoms with van der Waals surface area (Å²) in [6, 6.07) is 4.41. The summed E-state index contributed by atoms with van der Waals surface area (Å²) in [4.78, 5) is 13.3. The van der Waals surface area contributed by atoms with Crippen LogP contribution in [0.2, 0.25) is 5.02 Å². The second-order valence-electron chi connectivity index (χ2n) is 3.31. The van der Waals surface area contributed by atoms with Gasteiger partial charge in [0, 0.05) is 31.4 Å². The van der Waals surface area contributed by atoms with Crippen molar-refractivity contribution in [2.75, 3.05) is 14.1 Å². The minimum absolute atomic E-state index is 0.101. The molecule has 1 aromatic carbocycles. The molecule has 0 aromatic heterocycles. The average Bonchev–Trinajstić information content (AvgIpc) is 2.14. The van der Waals surface area contributed by atoms with Crippen LogP contribution in [-0.2, 0) is 0 Å². The van der Waals surface area contributed by atoms with Gasteiger partial charge in [-0.1, -0.05) is 11.6 Å². The van der Waals surface area contributed by atoms with E-state index in [-0.39, 0.29) is 17.1 Å². The van der Waals surface area contributed by atoms with Crippen molar-refractivity contribution < 1.29 is 9.90 Å². The second-order valence-corrected chi connectivity index (χ2v) is 3.74.